The van der Waals surface area contributed by atoms with Gasteiger partial charge in [0.15, 0.2) is 0 Å². The summed E-state index contributed by atoms with van der Waals surface area (Å²) in [5.74, 6) is -0.788. The molecule has 0 amide bonds. The van der Waals surface area contributed by atoms with Crippen molar-refractivity contribution in [2.45, 2.75) is 30.2 Å². The van der Waals surface area contributed by atoms with Crippen LogP contribution in [0, 0.1) is 6.92 Å². The summed E-state index contributed by atoms with van der Waals surface area (Å²) in [5.41, 5.74) is -0.0308. The van der Waals surface area contributed by atoms with Crippen LogP contribution in [0.2, 0.25) is 5.02 Å². The van der Waals surface area contributed by atoms with E-state index in [0.717, 1.165) is 35.5 Å². The molecule has 0 heterocycles. The minimum atomic E-state index is -4.49. The van der Waals surface area contributed by atoms with Gasteiger partial charge in [0.25, 0.3) is 0 Å². The Balaban J connectivity index is 0.00000338. The molecule has 134 valence electrons. The van der Waals surface area contributed by atoms with Crippen molar-refractivity contribution in [3.63, 3.8) is 0 Å². The molecule has 0 aliphatic rings. The number of rotatable bonds is 5. The third kappa shape index (κ3) is 6.44. The molecule has 2 aromatic carbocycles. The number of aryl methyl sites for hydroxylation is 1. The molecule has 2 aromatic rings. The molecular formula is C17H13ClF3KO3S. The maximum absolute atomic E-state index is 12.7. The molecule has 26 heavy (non-hydrogen) atoms. The second-order valence-corrected chi connectivity index (χ2v) is 7.04. The average molecular weight is 429 g/mol. The molecular weight excluding hydrogens is 416 g/mol. The van der Waals surface area contributed by atoms with Crippen molar-refractivity contribution in [1.29, 1.82) is 0 Å². The summed E-state index contributed by atoms with van der Waals surface area (Å²) >= 11 is 6.96. The van der Waals surface area contributed by atoms with Gasteiger partial charge in [0.1, 0.15) is 11.5 Å². The van der Waals surface area contributed by atoms with Crippen LogP contribution in [0.1, 0.15) is 18.1 Å². The fourth-order valence-electron chi connectivity index (χ4n) is 1.90. The maximum Gasteiger partial charge on any atom is 1.00 e. The number of ether oxygens (including phenoxy) is 1. The first-order valence-corrected chi connectivity index (χ1v) is 8.36. The second-order valence-electron chi connectivity index (χ2n) is 5.25. The Morgan fingerprint density at radius 1 is 1.23 bits per heavy atom. The summed E-state index contributed by atoms with van der Waals surface area (Å²) in [4.78, 5) is 11.5. The van der Waals surface area contributed by atoms with Crippen LogP contribution in [-0.4, -0.2) is 11.2 Å². The van der Waals surface area contributed by atoms with Gasteiger partial charge in [-0.1, -0.05) is 17.7 Å². The van der Waals surface area contributed by atoms with Crippen molar-refractivity contribution in [2.75, 3.05) is 0 Å². The molecule has 0 saturated heterocycles. The van der Waals surface area contributed by atoms with Gasteiger partial charge < -0.3 is 14.6 Å². The van der Waals surface area contributed by atoms with E-state index in [-0.39, 0.29) is 62.2 Å². The summed E-state index contributed by atoms with van der Waals surface area (Å²) < 4.78 is 43.5. The Labute approximate surface area is 200 Å². The molecule has 0 aromatic heterocycles. The van der Waals surface area contributed by atoms with Gasteiger partial charge in [-0.25, -0.2) is 0 Å². The number of hydrogen-bond acceptors (Lipinski definition) is 4. The first kappa shape index (κ1) is 23.8. The van der Waals surface area contributed by atoms with E-state index >= 15 is 0 Å². The number of halogens is 4. The summed E-state index contributed by atoms with van der Waals surface area (Å²) in [6.07, 6.45) is -4.49. The smallest absolute Gasteiger partial charge is 0.549 e. The molecule has 1 atom stereocenters. The number of benzene rings is 2. The Morgan fingerprint density at radius 2 is 1.88 bits per heavy atom. The zero-order valence-corrected chi connectivity index (χ0v) is 18.9. The predicted molar refractivity (Wildman–Crippen MR) is 88.0 cm³/mol. The van der Waals surface area contributed by atoms with Crippen LogP contribution in [0.25, 0.3) is 0 Å². The SMILES string of the molecule is Cc1ccc(Oc2ccc(C(F)(F)F)cc2Cl)cc1SC(C)C(=O)[O-].[K+]. The van der Waals surface area contributed by atoms with Gasteiger partial charge in [0, 0.05) is 10.1 Å². The van der Waals surface area contributed by atoms with Crippen molar-refractivity contribution < 1.29 is 79.2 Å². The van der Waals surface area contributed by atoms with E-state index in [0.29, 0.717) is 10.6 Å². The van der Waals surface area contributed by atoms with Gasteiger partial charge in [-0.15, -0.1) is 11.8 Å². The zero-order valence-electron chi connectivity index (χ0n) is 14.2. The van der Waals surface area contributed by atoms with E-state index in [9.17, 15) is 23.1 Å². The standard InChI is InChI=1S/C17H14ClF3O3S.K/c1-9-3-5-12(8-15(9)25-10(2)16(22)23)24-14-6-4-11(7-13(14)18)17(19,20)21;/h3-8,10H,1-2H3,(H,22,23);/q;+1/p-1. The van der Waals surface area contributed by atoms with Crippen molar-refractivity contribution in [3.05, 3.63) is 52.5 Å². The average Bonchev–Trinajstić information content (AvgIpc) is 2.51. The normalized spacial score (nSPS) is 12.2. The number of carboxylic acid groups (broad SMARTS) is 1. The molecule has 0 spiro atoms. The molecule has 0 radical (unpaired) electrons. The monoisotopic (exact) mass is 428 g/mol. The van der Waals surface area contributed by atoms with E-state index in [1.54, 1.807) is 25.1 Å². The molecule has 0 N–H and O–H groups in total. The largest absolute Gasteiger partial charge is 1.00 e. The molecule has 3 nitrogen and oxygen atoms in total. The summed E-state index contributed by atoms with van der Waals surface area (Å²) in [6, 6.07) is 7.76. The van der Waals surface area contributed by atoms with Crippen LogP contribution >= 0.6 is 23.4 Å². The van der Waals surface area contributed by atoms with Gasteiger partial charge in [0.05, 0.1) is 16.6 Å². The van der Waals surface area contributed by atoms with Crippen LogP contribution in [0.4, 0.5) is 13.2 Å². The van der Waals surface area contributed by atoms with Crippen LogP contribution in [-0.2, 0) is 11.0 Å². The van der Waals surface area contributed by atoms with Crippen molar-refractivity contribution in [1.82, 2.24) is 0 Å². The van der Waals surface area contributed by atoms with Crippen LogP contribution in [0.5, 0.6) is 11.5 Å². The fraction of sp³-hybridized carbons (Fsp3) is 0.235. The van der Waals surface area contributed by atoms with E-state index in [1.165, 1.54) is 6.92 Å². The minimum absolute atomic E-state index is 0. The van der Waals surface area contributed by atoms with Gasteiger partial charge in [-0.05, 0) is 49.7 Å². The maximum atomic E-state index is 12.7. The van der Waals surface area contributed by atoms with E-state index in [2.05, 4.69) is 0 Å². The summed E-state index contributed by atoms with van der Waals surface area (Å²) in [5, 5.41) is 9.94. The summed E-state index contributed by atoms with van der Waals surface area (Å²) in [7, 11) is 0. The molecule has 0 saturated carbocycles. The topological polar surface area (TPSA) is 49.4 Å². The number of aliphatic carboxylic acids is 1. The predicted octanol–water partition coefficient (Wildman–Crippen LogP) is 1.69. The molecule has 1 unspecified atom stereocenters. The third-order valence-electron chi connectivity index (χ3n) is 3.28. The zero-order chi connectivity index (χ0) is 18.8. The first-order chi connectivity index (χ1) is 11.6. The summed E-state index contributed by atoms with van der Waals surface area (Å²) in [6.45, 7) is 3.30. The van der Waals surface area contributed by atoms with Crippen LogP contribution < -0.4 is 61.2 Å². The van der Waals surface area contributed by atoms with E-state index in [1.807, 2.05) is 0 Å². The number of carbonyl (C=O) groups excluding carboxylic acids is 1. The number of alkyl halides is 3. The molecule has 0 bridgehead atoms. The quantitative estimate of drug-likeness (QED) is 0.537. The fourth-order valence-corrected chi connectivity index (χ4v) is 3.03. The minimum Gasteiger partial charge on any atom is -0.549 e. The van der Waals surface area contributed by atoms with Gasteiger partial charge in [0.2, 0.25) is 0 Å². The molecule has 2 rings (SSSR count). The first-order valence-electron chi connectivity index (χ1n) is 7.10. The third-order valence-corrected chi connectivity index (χ3v) is 4.82. The van der Waals surface area contributed by atoms with Crippen molar-refractivity contribution in [3.8, 4) is 11.5 Å². The number of hydrogen-bond donors (Lipinski definition) is 0. The molecule has 0 aliphatic carbocycles. The van der Waals surface area contributed by atoms with Gasteiger partial charge in [-0.3, -0.25) is 0 Å². The molecule has 0 aliphatic heterocycles. The van der Waals surface area contributed by atoms with Gasteiger partial charge in [-0.2, -0.15) is 13.2 Å². The Bertz CT molecular complexity index is 799. The van der Waals surface area contributed by atoms with Crippen molar-refractivity contribution in [2.24, 2.45) is 0 Å². The number of thioether (sulfide) groups is 1. The van der Waals surface area contributed by atoms with Crippen molar-refractivity contribution >= 4 is 29.3 Å². The Hall–Kier alpha value is -0.224. The van der Waals surface area contributed by atoms with Crippen LogP contribution in [0.3, 0.4) is 0 Å². The van der Waals surface area contributed by atoms with Gasteiger partial charge >= 0.3 is 57.6 Å². The van der Waals surface area contributed by atoms with E-state index in [4.69, 9.17) is 16.3 Å². The van der Waals surface area contributed by atoms with Crippen LogP contribution in [0.15, 0.2) is 41.3 Å². The number of carbonyl (C=O) groups is 1. The second kappa shape index (κ2) is 9.81. The van der Waals surface area contributed by atoms with E-state index < -0.39 is 23.0 Å². The Kier molecular flexibility index (Phi) is 8.99. The molecule has 0 fully saturated rings. The Morgan fingerprint density at radius 3 is 2.42 bits per heavy atom. The molecule has 9 heteroatoms. The number of carboxylic acids is 1.